The number of ether oxygens (including phenoxy) is 1. The first-order chi connectivity index (χ1) is 16.7. The van der Waals surface area contributed by atoms with Crippen molar-refractivity contribution < 1.29 is 28.9 Å². The van der Waals surface area contributed by atoms with E-state index in [1.165, 1.54) is 16.7 Å². The molecule has 0 radical (unpaired) electrons. The molecule has 0 fully saturated rings. The van der Waals surface area contributed by atoms with E-state index < -0.39 is 35.5 Å². The van der Waals surface area contributed by atoms with Crippen LogP contribution in [0.25, 0.3) is 22.3 Å². The number of hydrogen-bond acceptors (Lipinski definition) is 7. The fraction of sp³-hybridized carbons (Fsp3) is 0.280. The molecule has 9 nitrogen and oxygen atoms in total. The molecule has 1 amide bonds. The standard InChI is InChI=1S/C25H20FN3O6/c1-3-12-5-13-14(8-27-21(31)10-30)15-9-29-20(22(15)28-19(13)7-18(12)26)6-17-16(23(29)32)11-35-24(33)25(17,34)4-2/h1,5-7,30,34H,4,8-11H2,2H3,(H,27,31)/t25-/m0/s1. The molecule has 1 aromatic carbocycles. The fourth-order valence-corrected chi connectivity index (χ4v) is 4.74. The van der Waals surface area contributed by atoms with Crippen molar-refractivity contribution in [3.05, 3.63) is 62.2 Å². The van der Waals surface area contributed by atoms with Gasteiger partial charge in [-0.1, -0.05) is 12.8 Å². The molecular weight excluding hydrogens is 457 g/mol. The molecule has 35 heavy (non-hydrogen) atoms. The van der Waals surface area contributed by atoms with Gasteiger partial charge in [0.2, 0.25) is 5.91 Å². The molecule has 10 heteroatoms. The second kappa shape index (κ2) is 8.01. The first kappa shape index (κ1) is 22.7. The van der Waals surface area contributed by atoms with Gasteiger partial charge in [-0.25, -0.2) is 14.2 Å². The van der Waals surface area contributed by atoms with Crippen LogP contribution in [0.15, 0.2) is 23.0 Å². The average molecular weight is 477 g/mol. The lowest BCUT2D eigenvalue weighted by molar-refractivity contribution is -0.172. The first-order valence-corrected chi connectivity index (χ1v) is 10.9. The summed E-state index contributed by atoms with van der Waals surface area (Å²) in [6, 6.07) is 4.19. The molecule has 2 aliphatic rings. The zero-order chi connectivity index (χ0) is 25.1. The zero-order valence-electron chi connectivity index (χ0n) is 18.6. The number of fused-ring (bicyclic) bond motifs is 5. The number of cyclic esters (lactones) is 1. The quantitative estimate of drug-likeness (QED) is 0.293. The Morgan fingerprint density at radius 3 is 2.80 bits per heavy atom. The molecule has 0 saturated heterocycles. The van der Waals surface area contributed by atoms with Crippen LogP contribution < -0.4 is 10.9 Å². The molecule has 1 atom stereocenters. The summed E-state index contributed by atoms with van der Waals surface area (Å²) in [5.41, 5.74) is 0.0296. The Balaban J connectivity index is 1.79. The van der Waals surface area contributed by atoms with Gasteiger partial charge in [0.05, 0.1) is 34.6 Å². The van der Waals surface area contributed by atoms with E-state index in [0.717, 1.165) is 0 Å². The van der Waals surface area contributed by atoms with Crippen molar-refractivity contribution >= 4 is 22.8 Å². The van der Waals surface area contributed by atoms with Gasteiger partial charge in [0, 0.05) is 29.1 Å². The highest BCUT2D eigenvalue weighted by atomic mass is 19.1. The molecule has 0 aliphatic carbocycles. The van der Waals surface area contributed by atoms with Gasteiger partial charge in [0.25, 0.3) is 5.56 Å². The van der Waals surface area contributed by atoms with Crippen LogP contribution in [0, 0.1) is 18.2 Å². The van der Waals surface area contributed by atoms with Gasteiger partial charge < -0.3 is 24.8 Å². The van der Waals surface area contributed by atoms with Gasteiger partial charge in [0.1, 0.15) is 19.0 Å². The number of aliphatic hydroxyl groups excluding tert-OH is 1. The predicted octanol–water partition coefficient (Wildman–Crippen LogP) is 0.808. The third kappa shape index (κ3) is 3.24. The smallest absolute Gasteiger partial charge is 0.343 e. The molecule has 0 saturated carbocycles. The summed E-state index contributed by atoms with van der Waals surface area (Å²) in [5, 5.41) is 23.2. The Hall–Kier alpha value is -4.07. The number of nitrogens with zero attached hydrogens (tertiary/aromatic N) is 2. The number of esters is 1. The Morgan fingerprint density at radius 2 is 2.11 bits per heavy atom. The fourth-order valence-electron chi connectivity index (χ4n) is 4.74. The number of terminal acetylenes is 1. The molecule has 5 rings (SSSR count). The minimum atomic E-state index is -1.98. The van der Waals surface area contributed by atoms with Crippen molar-refractivity contribution in [3.63, 3.8) is 0 Å². The van der Waals surface area contributed by atoms with Crippen LogP contribution in [-0.4, -0.2) is 38.2 Å². The summed E-state index contributed by atoms with van der Waals surface area (Å²) in [6.45, 7) is 0.683. The number of benzene rings is 1. The number of halogens is 1. The van der Waals surface area contributed by atoms with Gasteiger partial charge in [0.15, 0.2) is 5.60 Å². The lowest BCUT2D eigenvalue weighted by Crippen LogP contribution is -2.44. The number of hydrogen-bond donors (Lipinski definition) is 3. The zero-order valence-corrected chi connectivity index (χ0v) is 18.6. The topological polar surface area (TPSA) is 131 Å². The van der Waals surface area contributed by atoms with E-state index in [2.05, 4.69) is 16.2 Å². The van der Waals surface area contributed by atoms with E-state index in [9.17, 15) is 23.9 Å². The molecule has 2 aliphatic heterocycles. The van der Waals surface area contributed by atoms with Crippen LogP contribution in [0.4, 0.5) is 4.39 Å². The molecule has 3 aromatic rings. The summed E-state index contributed by atoms with van der Waals surface area (Å²) < 4.78 is 21.0. The van der Waals surface area contributed by atoms with Crippen LogP contribution in [0.1, 0.15) is 41.2 Å². The van der Waals surface area contributed by atoms with E-state index >= 15 is 0 Å². The highest BCUT2D eigenvalue weighted by Gasteiger charge is 2.45. The minimum Gasteiger partial charge on any atom is -0.458 e. The predicted molar refractivity (Wildman–Crippen MR) is 121 cm³/mol. The number of pyridine rings is 2. The number of aliphatic hydroxyl groups is 2. The summed E-state index contributed by atoms with van der Waals surface area (Å²) in [4.78, 5) is 42.1. The van der Waals surface area contributed by atoms with Gasteiger partial charge >= 0.3 is 5.97 Å². The molecule has 0 unspecified atom stereocenters. The Bertz CT molecular complexity index is 1550. The largest absolute Gasteiger partial charge is 0.458 e. The van der Waals surface area contributed by atoms with Gasteiger partial charge in [-0.3, -0.25) is 9.59 Å². The van der Waals surface area contributed by atoms with Crippen LogP contribution in [0.2, 0.25) is 0 Å². The highest BCUT2D eigenvalue weighted by Crippen LogP contribution is 2.40. The molecule has 3 N–H and O–H groups in total. The van der Waals surface area contributed by atoms with E-state index in [-0.39, 0.29) is 48.3 Å². The summed E-state index contributed by atoms with van der Waals surface area (Å²) in [7, 11) is 0. The summed E-state index contributed by atoms with van der Waals surface area (Å²) >= 11 is 0. The SMILES string of the molecule is C#Cc1cc2c(CNC(=O)CO)c3c(nc2cc1F)-c1cc2c(c(=O)n1C3)COC(=O)[C@]2(O)CC. The normalized spacial score (nSPS) is 17.9. The van der Waals surface area contributed by atoms with Crippen molar-refractivity contribution in [1.29, 1.82) is 0 Å². The maximum atomic E-state index is 14.5. The number of nitrogens with one attached hydrogen (secondary N) is 1. The van der Waals surface area contributed by atoms with Crippen LogP contribution in [-0.2, 0) is 39.6 Å². The monoisotopic (exact) mass is 477 g/mol. The van der Waals surface area contributed by atoms with Crippen molar-refractivity contribution in [2.75, 3.05) is 6.61 Å². The number of carbonyl (C=O) groups excluding carboxylic acids is 2. The van der Waals surface area contributed by atoms with Crippen molar-refractivity contribution in [3.8, 4) is 23.7 Å². The number of aromatic nitrogens is 2. The summed E-state index contributed by atoms with van der Waals surface area (Å²) in [6.07, 6.45) is 5.43. The lowest BCUT2D eigenvalue weighted by Gasteiger charge is -2.31. The number of rotatable bonds is 4. The minimum absolute atomic E-state index is 0.00174. The summed E-state index contributed by atoms with van der Waals surface area (Å²) in [5.74, 6) is 0.180. The molecule has 0 bridgehead atoms. The maximum absolute atomic E-state index is 14.5. The maximum Gasteiger partial charge on any atom is 0.343 e. The molecule has 178 valence electrons. The third-order valence-electron chi connectivity index (χ3n) is 6.66. The van der Waals surface area contributed by atoms with Gasteiger partial charge in [-0.15, -0.1) is 6.42 Å². The molecule has 0 spiro atoms. The van der Waals surface area contributed by atoms with E-state index in [4.69, 9.17) is 16.3 Å². The lowest BCUT2D eigenvalue weighted by atomic mass is 9.86. The van der Waals surface area contributed by atoms with E-state index in [1.807, 2.05) is 0 Å². The van der Waals surface area contributed by atoms with Crippen molar-refractivity contribution in [2.24, 2.45) is 0 Å². The highest BCUT2D eigenvalue weighted by molar-refractivity contribution is 5.90. The first-order valence-electron chi connectivity index (χ1n) is 10.9. The Kier molecular flexibility index (Phi) is 5.20. The van der Waals surface area contributed by atoms with Gasteiger partial charge in [-0.2, -0.15) is 0 Å². The van der Waals surface area contributed by atoms with E-state index in [1.54, 1.807) is 13.0 Å². The second-order valence-corrected chi connectivity index (χ2v) is 8.45. The Labute approximate surface area is 198 Å². The molecule has 4 heterocycles. The van der Waals surface area contributed by atoms with Crippen LogP contribution in [0.5, 0.6) is 0 Å². The number of carbonyl (C=O) groups is 2. The molecule has 2 aromatic heterocycles. The van der Waals surface area contributed by atoms with E-state index in [0.29, 0.717) is 27.9 Å². The Morgan fingerprint density at radius 1 is 1.34 bits per heavy atom. The second-order valence-electron chi connectivity index (χ2n) is 8.45. The van der Waals surface area contributed by atoms with Crippen molar-refractivity contribution in [1.82, 2.24) is 14.9 Å². The molecular formula is C25H20FN3O6. The van der Waals surface area contributed by atoms with Crippen molar-refractivity contribution in [2.45, 2.75) is 38.6 Å². The van der Waals surface area contributed by atoms with Crippen LogP contribution >= 0.6 is 0 Å². The number of amides is 1. The average Bonchev–Trinajstić information content (AvgIpc) is 3.22. The third-order valence-corrected chi connectivity index (χ3v) is 6.66. The van der Waals surface area contributed by atoms with Crippen LogP contribution in [0.3, 0.4) is 0 Å². The van der Waals surface area contributed by atoms with Gasteiger partial charge in [-0.05, 0) is 24.1 Å².